The molecule has 1 heterocycles. The monoisotopic (exact) mass is 338 g/mol. The first kappa shape index (κ1) is 16.8. The molecule has 0 aliphatic rings. The second-order valence-corrected chi connectivity index (χ2v) is 6.19. The van der Waals surface area contributed by atoms with Crippen LogP contribution in [0.2, 0.25) is 0 Å². The number of nitrogens with one attached hydrogen (secondary N) is 3. The molecule has 1 unspecified atom stereocenters. The summed E-state index contributed by atoms with van der Waals surface area (Å²) in [5.74, 6) is 1.13. The smallest absolute Gasteiger partial charge is 0.322 e. The van der Waals surface area contributed by atoms with Crippen molar-refractivity contribution >= 4 is 22.8 Å². The van der Waals surface area contributed by atoms with E-state index in [1.807, 2.05) is 42.5 Å². The Labute approximate surface area is 146 Å². The van der Waals surface area contributed by atoms with Crippen LogP contribution in [0.15, 0.2) is 48.8 Å². The molecule has 0 fully saturated rings. The number of para-hydroxylation sites is 1. The molecule has 0 spiro atoms. The molecule has 1 atom stereocenters. The zero-order valence-electron chi connectivity index (χ0n) is 14.5. The minimum Gasteiger partial charge on any atom is -0.471 e. The van der Waals surface area contributed by atoms with E-state index in [1.54, 1.807) is 13.3 Å². The molecule has 0 aliphatic heterocycles. The highest BCUT2D eigenvalue weighted by Gasteiger charge is 2.13. The van der Waals surface area contributed by atoms with Crippen molar-refractivity contribution in [1.29, 1.82) is 0 Å². The maximum Gasteiger partial charge on any atom is 0.322 e. The van der Waals surface area contributed by atoms with Crippen molar-refractivity contribution in [3.63, 3.8) is 0 Å². The molecule has 3 N–H and O–H groups in total. The SMILES string of the molecule is CC(NC(=O)Nc1ccc2nc[nH]c2c1)Oc1ccccc1C(C)C. The zero-order chi connectivity index (χ0) is 17.8. The molecular weight excluding hydrogens is 316 g/mol. The fraction of sp³-hybridized carbons (Fsp3) is 0.263. The van der Waals surface area contributed by atoms with Crippen LogP contribution in [-0.2, 0) is 0 Å². The van der Waals surface area contributed by atoms with E-state index >= 15 is 0 Å². The standard InChI is InChI=1S/C19H22N4O2/c1-12(2)15-6-4-5-7-18(15)25-13(3)22-19(24)23-14-8-9-16-17(10-14)21-11-20-16/h4-13H,1-3H3,(H,20,21)(H2,22,23,24). The van der Waals surface area contributed by atoms with Crippen molar-refractivity contribution in [2.24, 2.45) is 0 Å². The van der Waals surface area contributed by atoms with Crippen molar-refractivity contribution < 1.29 is 9.53 Å². The molecule has 0 aliphatic carbocycles. The van der Waals surface area contributed by atoms with Crippen LogP contribution in [0.1, 0.15) is 32.3 Å². The summed E-state index contributed by atoms with van der Waals surface area (Å²) in [5, 5.41) is 5.59. The third kappa shape index (κ3) is 4.09. The number of rotatable bonds is 5. The van der Waals surface area contributed by atoms with Crippen LogP contribution in [0.25, 0.3) is 11.0 Å². The van der Waals surface area contributed by atoms with Gasteiger partial charge in [-0.25, -0.2) is 9.78 Å². The van der Waals surface area contributed by atoms with Gasteiger partial charge in [-0.15, -0.1) is 0 Å². The minimum atomic E-state index is -0.462. The van der Waals surface area contributed by atoms with Crippen molar-refractivity contribution in [3.8, 4) is 5.75 Å². The van der Waals surface area contributed by atoms with Gasteiger partial charge in [0.2, 0.25) is 0 Å². The average Bonchev–Trinajstić information content (AvgIpc) is 3.02. The maximum atomic E-state index is 12.2. The Morgan fingerprint density at radius 2 is 1.96 bits per heavy atom. The van der Waals surface area contributed by atoms with Crippen molar-refractivity contribution in [3.05, 3.63) is 54.4 Å². The Kier molecular flexibility index (Phi) is 4.88. The third-order valence-corrected chi connectivity index (χ3v) is 3.86. The van der Waals surface area contributed by atoms with Crippen LogP contribution < -0.4 is 15.4 Å². The summed E-state index contributed by atoms with van der Waals surface area (Å²) < 4.78 is 5.88. The van der Waals surface area contributed by atoms with Gasteiger partial charge in [0.25, 0.3) is 0 Å². The molecule has 6 nitrogen and oxygen atoms in total. The van der Waals surface area contributed by atoms with Gasteiger partial charge in [0.1, 0.15) is 5.75 Å². The topological polar surface area (TPSA) is 79.0 Å². The Hall–Kier alpha value is -3.02. The van der Waals surface area contributed by atoms with Crippen LogP contribution in [0.4, 0.5) is 10.5 Å². The molecule has 3 aromatic rings. The Morgan fingerprint density at radius 3 is 2.76 bits per heavy atom. The van der Waals surface area contributed by atoms with Gasteiger partial charge in [0.05, 0.1) is 17.4 Å². The maximum absolute atomic E-state index is 12.2. The summed E-state index contributed by atoms with van der Waals surface area (Å²) in [6, 6.07) is 13.0. The third-order valence-electron chi connectivity index (χ3n) is 3.86. The number of anilines is 1. The number of imidazole rings is 1. The van der Waals surface area contributed by atoms with Gasteiger partial charge in [0.15, 0.2) is 6.23 Å². The molecule has 6 heteroatoms. The summed E-state index contributed by atoms with van der Waals surface area (Å²) in [7, 11) is 0. The molecule has 0 saturated heterocycles. The Morgan fingerprint density at radius 1 is 1.16 bits per heavy atom. The van der Waals surface area contributed by atoms with Gasteiger partial charge in [-0.3, -0.25) is 0 Å². The van der Waals surface area contributed by atoms with E-state index in [4.69, 9.17) is 4.74 Å². The lowest BCUT2D eigenvalue weighted by molar-refractivity contribution is 0.181. The van der Waals surface area contributed by atoms with Crippen molar-refractivity contribution in [1.82, 2.24) is 15.3 Å². The van der Waals surface area contributed by atoms with E-state index in [9.17, 15) is 4.79 Å². The van der Waals surface area contributed by atoms with Crippen LogP contribution in [0.5, 0.6) is 5.75 Å². The molecule has 130 valence electrons. The molecule has 0 bridgehead atoms. The van der Waals surface area contributed by atoms with Gasteiger partial charge in [-0.1, -0.05) is 32.0 Å². The molecular formula is C19H22N4O2. The summed E-state index contributed by atoms with van der Waals surface area (Å²) in [5.41, 5.74) is 3.52. The number of ether oxygens (including phenoxy) is 1. The molecule has 2 amide bonds. The zero-order valence-corrected chi connectivity index (χ0v) is 14.5. The fourth-order valence-electron chi connectivity index (χ4n) is 2.65. The molecule has 25 heavy (non-hydrogen) atoms. The van der Waals surface area contributed by atoms with E-state index < -0.39 is 6.23 Å². The van der Waals surface area contributed by atoms with Crippen LogP contribution in [0.3, 0.4) is 0 Å². The first-order chi connectivity index (χ1) is 12.0. The minimum absolute atomic E-state index is 0.326. The van der Waals surface area contributed by atoms with Gasteiger partial charge in [0, 0.05) is 5.69 Å². The quantitative estimate of drug-likeness (QED) is 0.609. The number of H-pyrrole nitrogens is 1. The Balaban J connectivity index is 1.60. The largest absolute Gasteiger partial charge is 0.471 e. The Bertz CT molecular complexity index is 872. The fourth-order valence-corrected chi connectivity index (χ4v) is 2.65. The molecule has 1 aromatic heterocycles. The highest BCUT2D eigenvalue weighted by atomic mass is 16.5. The first-order valence-corrected chi connectivity index (χ1v) is 8.29. The van der Waals surface area contributed by atoms with Gasteiger partial charge in [-0.05, 0) is 42.7 Å². The van der Waals surface area contributed by atoms with E-state index in [0.29, 0.717) is 11.6 Å². The number of hydrogen-bond donors (Lipinski definition) is 3. The number of aromatic nitrogens is 2. The predicted octanol–water partition coefficient (Wildman–Crippen LogP) is 4.23. The van der Waals surface area contributed by atoms with Crippen LogP contribution in [-0.4, -0.2) is 22.2 Å². The summed E-state index contributed by atoms with van der Waals surface area (Å²) >= 11 is 0. The average molecular weight is 338 g/mol. The number of carbonyl (C=O) groups is 1. The van der Waals surface area contributed by atoms with E-state index in [0.717, 1.165) is 22.3 Å². The molecule has 0 radical (unpaired) electrons. The number of aromatic amines is 1. The summed E-state index contributed by atoms with van der Waals surface area (Å²) in [4.78, 5) is 19.3. The predicted molar refractivity (Wildman–Crippen MR) is 98.9 cm³/mol. The molecule has 2 aromatic carbocycles. The van der Waals surface area contributed by atoms with Crippen molar-refractivity contribution in [2.45, 2.75) is 32.9 Å². The second kappa shape index (κ2) is 7.25. The van der Waals surface area contributed by atoms with E-state index in [1.165, 1.54) is 0 Å². The number of benzene rings is 2. The van der Waals surface area contributed by atoms with Crippen LogP contribution >= 0.6 is 0 Å². The second-order valence-electron chi connectivity index (χ2n) is 6.19. The number of hydrogen-bond acceptors (Lipinski definition) is 3. The van der Waals surface area contributed by atoms with Gasteiger partial charge in [-0.2, -0.15) is 0 Å². The number of amides is 2. The number of urea groups is 1. The number of fused-ring (bicyclic) bond motifs is 1. The molecule has 3 rings (SSSR count). The normalized spacial score (nSPS) is 12.2. The van der Waals surface area contributed by atoms with E-state index in [-0.39, 0.29) is 6.03 Å². The number of nitrogens with zero attached hydrogens (tertiary/aromatic N) is 1. The van der Waals surface area contributed by atoms with Crippen molar-refractivity contribution in [2.75, 3.05) is 5.32 Å². The lowest BCUT2D eigenvalue weighted by atomic mass is 10.0. The van der Waals surface area contributed by atoms with Gasteiger partial charge < -0.3 is 20.4 Å². The lowest BCUT2D eigenvalue weighted by Gasteiger charge is -2.20. The first-order valence-electron chi connectivity index (χ1n) is 8.29. The molecule has 0 saturated carbocycles. The summed E-state index contributed by atoms with van der Waals surface area (Å²) in [6.45, 7) is 6.02. The lowest BCUT2D eigenvalue weighted by Crippen LogP contribution is -2.39. The highest BCUT2D eigenvalue weighted by Crippen LogP contribution is 2.26. The highest BCUT2D eigenvalue weighted by molar-refractivity contribution is 5.91. The van der Waals surface area contributed by atoms with E-state index in [2.05, 4.69) is 34.4 Å². The number of carbonyl (C=O) groups excluding carboxylic acids is 1. The summed E-state index contributed by atoms with van der Waals surface area (Å²) in [6.07, 6.45) is 1.16. The van der Waals surface area contributed by atoms with Gasteiger partial charge >= 0.3 is 6.03 Å². The van der Waals surface area contributed by atoms with Crippen LogP contribution in [0, 0.1) is 0 Å².